The molecule has 25 heavy (non-hydrogen) atoms. The SMILES string of the molecule is CCOC(=O)C1CCc2nc(NC(=O)Nc3ccc(Cl)cc3)sc2C1. The summed E-state index contributed by atoms with van der Waals surface area (Å²) in [5.41, 5.74) is 1.60. The van der Waals surface area contributed by atoms with Gasteiger partial charge in [0.25, 0.3) is 0 Å². The van der Waals surface area contributed by atoms with Crippen LogP contribution >= 0.6 is 22.9 Å². The molecule has 0 bridgehead atoms. The molecule has 1 aliphatic rings. The van der Waals surface area contributed by atoms with E-state index in [0.717, 1.165) is 23.4 Å². The van der Waals surface area contributed by atoms with Gasteiger partial charge >= 0.3 is 12.0 Å². The Morgan fingerprint density at radius 2 is 2.08 bits per heavy atom. The molecule has 3 rings (SSSR count). The van der Waals surface area contributed by atoms with Crippen LogP contribution in [0.3, 0.4) is 0 Å². The van der Waals surface area contributed by atoms with Crippen LogP contribution in [0.2, 0.25) is 5.02 Å². The summed E-state index contributed by atoms with van der Waals surface area (Å²) in [4.78, 5) is 29.5. The number of thiazole rings is 1. The fourth-order valence-corrected chi connectivity index (χ4v) is 3.89. The van der Waals surface area contributed by atoms with E-state index in [9.17, 15) is 9.59 Å². The molecule has 1 heterocycles. The summed E-state index contributed by atoms with van der Waals surface area (Å²) in [6.07, 6.45) is 2.06. The highest BCUT2D eigenvalue weighted by atomic mass is 35.5. The Morgan fingerprint density at radius 1 is 1.32 bits per heavy atom. The second-order valence-electron chi connectivity index (χ2n) is 5.67. The Hall–Kier alpha value is -2.12. The van der Waals surface area contributed by atoms with E-state index >= 15 is 0 Å². The van der Waals surface area contributed by atoms with Crippen LogP contribution in [0.4, 0.5) is 15.6 Å². The topological polar surface area (TPSA) is 80.3 Å². The van der Waals surface area contributed by atoms with Crippen molar-refractivity contribution in [1.29, 1.82) is 0 Å². The number of carbonyl (C=O) groups excluding carboxylic acids is 2. The maximum Gasteiger partial charge on any atom is 0.325 e. The van der Waals surface area contributed by atoms with Crippen molar-refractivity contribution in [3.63, 3.8) is 0 Å². The zero-order chi connectivity index (χ0) is 17.8. The molecule has 2 amide bonds. The summed E-state index contributed by atoms with van der Waals surface area (Å²) in [6.45, 7) is 2.20. The highest BCUT2D eigenvalue weighted by molar-refractivity contribution is 7.15. The van der Waals surface area contributed by atoms with Crippen molar-refractivity contribution in [1.82, 2.24) is 4.98 Å². The van der Waals surface area contributed by atoms with E-state index < -0.39 is 0 Å². The zero-order valence-corrected chi connectivity index (χ0v) is 15.2. The first-order valence-electron chi connectivity index (χ1n) is 8.04. The summed E-state index contributed by atoms with van der Waals surface area (Å²) in [5, 5.41) is 6.60. The second-order valence-corrected chi connectivity index (χ2v) is 7.19. The first-order chi connectivity index (χ1) is 12.0. The van der Waals surface area contributed by atoms with E-state index in [-0.39, 0.29) is 17.9 Å². The predicted molar refractivity (Wildman–Crippen MR) is 98.4 cm³/mol. The van der Waals surface area contributed by atoms with Gasteiger partial charge in [-0.05, 0) is 50.5 Å². The normalized spacial score (nSPS) is 16.0. The molecule has 2 N–H and O–H groups in total. The molecule has 0 radical (unpaired) electrons. The monoisotopic (exact) mass is 379 g/mol. The number of hydrogen-bond acceptors (Lipinski definition) is 5. The number of benzene rings is 1. The molecule has 8 heteroatoms. The third kappa shape index (κ3) is 4.49. The number of aryl methyl sites for hydroxylation is 1. The number of halogens is 1. The molecule has 0 spiro atoms. The minimum atomic E-state index is -0.365. The lowest BCUT2D eigenvalue weighted by Gasteiger charge is -2.18. The van der Waals surface area contributed by atoms with Gasteiger partial charge in [-0.3, -0.25) is 10.1 Å². The van der Waals surface area contributed by atoms with Gasteiger partial charge in [0.1, 0.15) is 0 Å². The molecule has 0 saturated heterocycles. The molecular formula is C17H18ClN3O3S. The number of hydrogen-bond donors (Lipinski definition) is 2. The number of rotatable bonds is 4. The van der Waals surface area contributed by atoms with E-state index in [4.69, 9.17) is 16.3 Å². The smallest absolute Gasteiger partial charge is 0.325 e. The van der Waals surface area contributed by atoms with Crippen molar-refractivity contribution in [3.05, 3.63) is 39.9 Å². The number of urea groups is 1. The van der Waals surface area contributed by atoms with Crippen LogP contribution in [0.1, 0.15) is 23.9 Å². The fraction of sp³-hybridized carbons (Fsp3) is 0.353. The van der Waals surface area contributed by atoms with Crippen LogP contribution < -0.4 is 10.6 Å². The van der Waals surface area contributed by atoms with Crippen LogP contribution in [0.15, 0.2) is 24.3 Å². The van der Waals surface area contributed by atoms with Gasteiger partial charge in [0.15, 0.2) is 5.13 Å². The number of fused-ring (bicyclic) bond motifs is 1. The van der Waals surface area contributed by atoms with Crippen molar-refractivity contribution >= 4 is 45.8 Å². The lowest BCUT2D eigenvalue weighted by Crippen LogP contribution is -2.24. The van der Waals surface area contributed by atoms with E-state index in [1.807, 2.05) is 0 Å². The number of carbonyl (C=O) groups is 2. The summed E-state index contributed by atoms with van der Waals surface area (Å²) >= 11 is 7.22. The summed E-state index contributed by atoms with van der Waals surface area (Å²) in [6, 6.07) is 6.48. The minimum absolute atomic E-state index is 0.122. The third-order valence-electron chi connectivity index (χ3n) is 3.88. The van der Waals surface area contributed by atoms with E-state index in [1.54, 1.807) is 31.2 Å². The molecule has 0 aliphatic heterocycles. The van der Waals surface area contributed by atoms with Gasteiger partial charge in [0.2, 0.25) is 0 Å². The lowest BCUT2D eigenvalue weighted by molar-refractivity contribution is -0.148. The molecule has 1 aromatic carbocycles. The number of amides is 2. The van der Waals surface area contributed by atoms with Crippen LogP contribution in [-0.4, -0.2) is 23.6 Å². The maximum absolute atomic E-state index is 12.1. The molecule has 0 fully saturated rings. The van der Waals surface area contributed by atoms with Crippen molar-refractivity contribution < 1.29 is 14.3 Å². The molecule has 6 nitrogen and oxygen atoms in total. The lowest BCUT2D eigenvalue weighted by atomic mass is 9.91. The van der Waals surface area contributed by atoms with E-state index in [2.05, 4.69) is 15.6 Å². The first-order valence-corrected chi connectivity index (χ1v) is 9.23. The number of nitrogens with one attached hydrogen (secondary N) is 2. The van der Waals surface area contributed by atoms with E-state index in [1.165, 1.54) is 11.3 Å². The van der Waals surface area contributed by atoms with Crippen LogP contribution in [0, 0.1) is 5.92 Å². The van der Waals surface area contributed by atoms with Crippen molar-refractivity contribution in [2.24, 2.45) is 5.92 Å². The number of ether oxygens (including phenoxy) is 1. The first kappa shape index (κ1) is 17.7. The Bertz CT molecular complexity index is 776. The summed E-state index contributed by atoms with van der Waals surface area (Å²) in [5.74, 6) is -0.278. The van der Waals surface area contributed by atoms with E-state index in [0.29, 0.717) is 28.9 Å². The van der Waals surface area contributed by atoms with Crippen molar-refractivity contribution in [2.45, 2.75) is 26.2 Å². The Kier molecular flexibility index (Phi) is 5.55. The number of anilines is 2. The fourth-order valence-electron chi connectivity index (χ4n) is 2.68. The van der Waals surface area contributed by atoms with Gasteiger partial charge in [-0.1, -0.05) is 11.6 Å². The molecule has 1 atom stereocenters. The Labute approximate surface area is 154 Å². The second kappa shape index (κ2) is 7.84. The third-order valence-corrected chi connectivity index (χ3v) is 5.17. The number of nitrogens with zero attached hydrogens (tertiary/aromatic N) is 1. The van der Waals surface area contributed by atoms with Crippen molar-refractivity contribution in [2.75, 3.05) is 17.2 Å². The average molecular weight is 380 g/mol. The predicted octanol–water partition coefficient (Wildman–Crippen LogP) is 4.11. The maximum atomic E-state index is 12.1. The Balaban J connectivity index is 1.60. The molecule has 1 aliphatic carbocycles. The summed E-state index contributed by atoms with van der Waals surface area (Å²) < 4.78 is 5.10. The van der Waals surface area contributed by atoms with Gasteiger partial charge in [-0.15, -0.1) is 11.3 Å². The highest BCUT2D eigenvalue weighted by Gasteiger charge is 2.28. The summed E-state index contributed by atoms with van der Waals surface area (Å²) in [7, 11) is 0. The van der Waals surface area contributed by atoms with Crippen LogP contribution in [0.25, 0.3) is 0 Å². The van der Waals surface area contributed by atoms with Gasteiger partial charge in [0, 0.05) is 15.6 Å². The molecule has 0 saturated carbocycles. The molecular weight excluding hydrogens is 362 g/mol. The molecule has 2 aromatic rings. The molecule has 132 valence electrons. The standard InChI is InChI=1S/C17H18ClN3O3S/c1-2-24-15(22)10-3-8-13-14(9-10)25-17(20-13)21-16(23)19-12-6-4-11(18)5-7-12/h4-7,10H,2-3,8-9H2,1H3,(H2,19,20,21,23). The quantitative estimate of drug-likeness (QED) is 0.783. The highest BCUT2D eigenvalue weighted by Crippen LogP contribution is 2.33. The van der Waals surface area contributed by atoms with Crippen molar-refractivity contribution in [3.8, 4) is 0 Å². The number of aromatic nitrogens is 1. The van der Waals surface area contributed by atoms with Crippen LogP contribution in [0.5, 0.6) is 0 Å². The van der Waals surface area contributed by atoms with Gasteiger partial charge in [-0.25, -0.2) is 9.78 Å². The minimum Gasteiger partial charge on any atom is -0.466 e. The average Bonchev–Trinajstić information content (AvgIpc) is 2.98. The van der Waals surface area contributed by atoms with Crippen LogP contribution in [-0.2, 0) is 22.4 Å². The van der Waals surface area contributed by atoms with Gasteiger partial charge in [-0.2, -0.15) is 0 Å². The van der Waals surface area contributed by atoms with Gasteiger partial charge in [0.05, 0.1) is 18.2 Å². The Morgan fingerprint density at radius 3 is 2.80 bits per heavy atom. The number of esters is 1. The molecule has 1 unspecified atom stereocenters. The largest absolute Gasteiger partial charge is 0.466 e. The molecule has 1 aromatic heterocycles. The zero-order valence-electron chi connectivity index (χ0n) is 13.7. The van der Waals surface area contributed by atoms with Gasteiger partial charge < -0.3 is 10.1 Å².